The maximum absolute atomic E-state index is 5.42. The Morgan fingerprint density at radius 1 is 1.11 bits per heavy atom. The first kappa shape index (κ1) is 16.4. The van der Waals surface area contributed by atoms with E-state index in [4.69, 9.17) is 18.4 Å². The number of fused-ring (bicyclic) bond motifs is 1. The standard InChI is InChI=1S/C20H16N4O4/c1-12-6-17(28-24-12)15-9-22-20(23-19(15)14-4-5-25-10-14)21-8-13-2-3-16-18(7-13)27-11-26-16/h2-7,9-10H,8,11H2,1H3,(H,21,22,23). The third kappa shape index (κ3) is 3.05. The summed E-state index contributed by atoms with van der Waals surface area (Å²) in [5, 5.41) is 7.19. The molecule has 4 aromatic rings. The summed E-state index contributed by atoms with van der Waals surface area (Å²) in [5.74, 6) is 2.61. The predicted octanol–water partition coefficient (Wildman–Crippen LogP) is 4.04. The van der Waals surface area contributed by atoms with Crippen LogP contribution in [0.5, 0.6) is 11.5 Å². The number of furan rings is 1. The summed E-state index contributed by atoms with van der Waals surface area (Å²) >= 11 is 0. The van der Waals surface area contributed by atoms with Crippen molar-refractivity contribution in [1.29, 1.82) is 0 Å². The molecule has 8 heteroatoms. The van der Waals surface area contributed by atoms with E-state index in [1.165, 1.54) is 0 Å². The van der Waals surface area contributed by atoms with E-state index in [1.807, 2.05) is 37.3 Å². The molecule has 4 heterocycles. The number of aromatic nitrogens is 3. The van der Waals surface area contributed by atoms with Crippen LogP contribution < -0.4 is 14.8 Å². The number of ether oxygens (including phenoxy) is 2. The third-order valence-electron chi connectivity index (χ3n) is 4.36. The van der Waals surface area contributed by atoms with Gasteiger partial charge in [-0.25, -0.2) is 9.97 Å². The van der Waals surface area contributed by atoms with Crippen LogP contribution >= 0.6 is 0 Å². The lowest BCUT2D eigenvalue weighted by Crippen LogP contribution is -2.05. The van der Waals surface area contributed by atoms with E-state index < -0.39 is 0 Å². The lowest BCUT2D eigenvalue weighted by molar-refractivity contribution is 0.174. The van der Waals surface area contributed by atoms with E-state index in [-0.39, 0.29) is 6.79 Å². The van der Waals surface area contributed by atoms with Crippen LogP contribution in [0.1, 0.15) is 11.3 Å². The molecular weight excluding hydrogens is 360 g/mol. The Kier molecular flexibility index (Phi) is 3.93. The van der Waals surface area contributed by atoms with E-state index in [2.05, 4.69) is 20.4 Å². The molecule has 1 aliphatic heterocycles. The molecule has 0 amide bonds. The Labute approximate surface area is 160 Å². The molecule has 3 aromatic heterocycles. The average Bonchev–Trinajstić information content (AvgIpc) is 3.47. The van der Waals surface area contributed by atoms with Crippen LogP contribution in [0.15, 0.2) is 58.0 Å². The van der Waals surface area contributed by atoms with E-state index in [1.54, 1.807) is 18.7 Å². The molecule has 0 fully saturated rings. The fourth-order valence-corrected chi connectivity index (χ4v) is 2.99. The average molecular weight is 376 g/mol. The van der Waals surface area contributed by atoms with Crippen molar-refractivity contribution in [2.75, 3.05) is 12.1 Å². The fraction of sp³-hybridized carbons (Fsp3) is 0.150. The zero-order valence-electron chi connectivity index (χ0n) is 15.0. The quantitative estimate of drug-likeness (QED) is 0.557. The summed E-state index contributed by atoms with van der Waals surface area (Å²) in [6, 6.07) is 9.51. The van der Waals surface area contributed by atoms with Crippen molar-refractivity contribution in [1.82, 2.24) is 15.1 Å². The topological polar surface area (TPSA) is 95.4 Å². The summed E-state index contributed by atoms with van der Waals surface area (Å²) in [5.41, 5.74) is 4.10. The van der Waals surface area contributed by atoms with Gasteiger partial charge in [-0.1, -0.05) is 11.2 Å². The summed E-state index contributed by atoms with van der Waals surface area (Å²) < 4.78 is 21.4. The molecule has 0 atom stereocenters. The minimum absolute atomic E-state index is 0.256. The van der Waals surface area contributed by atoms with E-state index in [0.29, 0.717) is 23.9 Å². The van der Waals surface area contributed by atoms with Crippen molar-refractivity contribution >= 4 is 5.95 Å². The second-order valence-corrected chi connectivity index (χ2v) is 6.34. The maximum atomic E-state index is 5.42. The summed E-state index contributed by atoms with van der Waals surface area (Å²) in [6.45, 7) is 2.67. The van der Waals surface area contributed by atoms with Crippen LogP contribution in [0.25, 0.3) is 22.6 Å². The summed E-state index contributed by atoms with van der Waals surface area (Å²) in [6.07, 6.45) is 4.96. The molecule has 0 unspecified atom stereocenters. The maximum Gasteiger partial charge on any atom is 0.231 e. The fourth-order valence-electron chi connectivity index (χ4n) is 2.99. The number of aryl methyl sites for hydroxylation is 1. The molecule has 0 bridgehead atoms. The highest BCUT2D eigenvalue weighted by molar-refractivity contribution is 5.77. The molecule has 28 heavy (non-hydrogen) atoms. The van der Waals surface area contributed by atoms with Gasteiger partial charge in [-0.2, -0.15) is 0 Å². The molecule has 0 saturated carbocycles. The Bertz CT molecular complexity index is 1120. The van der Waals surface area contributed by atoms with Crippen molar-refractivity contribution in [2.24, 2.45) is 0 Å². The molecule has 8 nitrogen and oxygen atoms in total. The second-order valence-electron chi connectivity index (χ2n) is 6.34. The Hall–Kier alpha value is -3.81. The number of anilines is 1. The predicted molar refractivity (Wildman–Crippen MR) is 99.9 cm³/mol. The first-order chi connectivity index (χ1) is 13.8. The number of benzene rings is 1. The normalized spacial score (nSPS) is 12.3. The third-order valence-corrected chi connectivity index (χ3v) is 4.36. The minimum atomic E-state index is 0.256. The molecule has 0 spiro atoms. The summed E-state index contributed by atoms with van der Waals surface area (Å²) in [4.78, 5) is 9.09. The van der Waals surface area contributed by atoms with E-state index in [0.717, 1.165) is 33.9 Å². The molecule has 0 saturated heterocycles. The SMILES string of the molecule is Cc1cc(-c2cnc(NCc3ccc4c(c3)OCO4)nc2-c2ccoc2)on1. The van der Waals surface area contributed by atoms with Gasteiger partial charge in [-0.15, -0.1) is 0 Å². The summed E-state index contributed by atoms with van der Waals surface area (Å²) in [7, 11) is 0. The second kappa shape index (κ2) is 6.73. The van der Waals surface area contributed by atoms with Gasteiger partial charge < -0.3 is 23.7 Å². The van der Waals surface area contributed by atoms with Gasteiger partial charge in [0.15, 0.2) is 17.3 Å². The zero-order chi connectivity index (χ0) is 18.9. The van der Waals surface area contributed by atoms with Crippen molar-refractivity contribution in [2.45, 2.75) is 13.5 Å². The van der Waals surface area contributed by atoms with Crippen LogP contribution in [0.2, 0.25) is 0 Å². The van der Waals surface area contributed by atoms with Gasteiger partial charge in [0.1, 0.15) is 0 Å². The number of hydrogen-bond acceptors (Lipinski definition) is 8. The molecule has 0 aliphatic carbocycles. The lowest BCUT2D eigenvalue weighted by Gasteiger charge is -2.09. The van der Waals surface area contributed by atoms with Crippen molar-refractivity contribution < 1.29 is 18.4 Å². The Morgan fingerprint density at radius 3 is 2.86 bits per heavy atom. The van der Waals surface area contributed by atoms with Gasteiger partial charge in [0.05, 0.1) is 29.5 Å². The minimum Gasteiger partial charge on any atom is -0.472 e. The lowest BCUT2D eigenvalue weighted by atomic mass is 10.1. The van der Waals surface area contributed by atoms with Crippen LogP contribution in [0, 0.1) is 6.92 Å². The molecule has 5 rings (SSSR count). The zero-order valence-corrected chi connectivity index (χ0v) is 15.0. The highest BCUT2D eigenvalue weighted by Gasteiger charge is 2.17. The van der Waals surface area contributed by atoms with Crippen LogP contribution in [0.3, 0.4) is 0 Å². The van der Waals surface area contributed by atoms with Gasteiger partial charge in [-0.3, -0.25) is 0 Å². The van der Waals surface area contributed by atoms with Crippen molar-refractivity contribution in [3.8, 4) is 34.1 Å². The van der Waals surface area contributed by atoms with Crippen LogP contribution in [-0.2, 0) is 6.54 Å². The number of nitrogens with one attached hydrogen (secondary N) is 1. The number of hydrogen-bond donors (Lipinski definition) is 1. The monoisotopic (exact) mass is 376 g/mol. The first-order valence-corrected chi connectivity index (χ1v) is 8.72. The molecular formula is C20H16N4O4. The molecule has 1 N–H and O–H groups in total. The van der Waals surface area contributed by atoms with Crippen LogP contribution in [0.4, 0.5) is 5.95 Å². The van der Waals surface area contributed by atoms with E-state index >= 15 is 0 Å². The Morgan fingerprint density at radius 2 is 2.04 bits per heavy atom. The van der Waals surface area contributed by atoms with Gasteiger partial charge >= 0.3 is 0 Å². The van der Waals surface area contributed by atoms with E-state index in [9.17, 15) is 0 Å². The van der Waals surface area contributed by atoms with Crippen molar-refractivity contribution in [3.05, 3.63) is 60.3 Å². The molecule has 0 radical (unpaired) electrons. The largest absolute Gasteiger partial charge is 0.472 e. The molecule has 1 aliphatic rings. The molecule has 1 aromatic carbocycles. The smallest absolute Gasteiger partial charge is 0.231 e. The van der Waals surface area contributed by atoms with Gasteiger partial charge in [0, 0.05) is 24.4 Å². The number of rotatable bonds is 5. The van der Waals surface area contributed by atoms with Gasteiger partial charge in [0.25, 0.3) is 0 Å². The Balaban J connectivity index is 1.43. The first-order valence-electron chi connectivity index (χ1n) is 8.72. The molecule has 140 valence electrons. The van der Waals surface area contributed by atoms with Crippen molar-refractivity contribution in [3.63, 3.8) is 0 Å². The van der Waals surface area contributed by atoms with Gasteiger partial charge in [0.2, 0.25) is 12.7 Å². The van der Waals surface area contributed by atoms with Gasteiger partial charge in [-0.05, 0) is 30.7 Å². The van der Waals surface area contributed by atoms with Crippen LogP contribution in [-0.4, -0.2) is 21.9 Å². The highest BCUT2D eigenvalue weighted by atomic mass is 16.7. The highest BCUT2D eigenvalue weighted by Crippen LogP contribution is 2.33. The number of nitrogens with zero attached hydrogens (tertiary/aromatic N) is 3.